The van der Waals surface area contributed by atoms with Gasteiger partial charge in [0.1, 0.15) is 42.4 Å². The number of carbonyl (C=O) groups is 2. The van der Waals surface area contributed by atoms with Gasteiger partial charge in [-0.05, 0) is 64.1 Å². The molecule has 0 fully saturated rings. The number of likely N-dealkylation sites (N-methyl/N-ethyl adjacent to an activating group) is 1. The Morgan fingerprint density at radius 3 is 2.45 bits per heavy atom. The Hall–Kier alpha value is -4.08. The van der Waals surface area contributed by atoms with Crippen LogP contribution in [0, 0.1) is 6.92 Å². The van der Waals surface area contributed by atoms with E-state index in [1.54, 1.807) is 52.2 Å². The molecule has 0 aliphatic carbocycles. The number of fused-ring (bicyclic) bond motifs is 1. The number of nitrogens with zero attached hydrogens (tertiary/aromatic N) is 3. The van der Waals surface area contributed by atoms with Gasteiger partial charge < -0.3 is 24.4 Å². The maximum absolute atomic E-state index is 12.8. The average Bonchev–Trinajstić information content (AvgIpc) is 2.94. The van der Waals surface area contributed by atoms with Crippen LogP contribution in [0.15, 0.2) is 60.8 Å². The number of para-hydroxylation sites is 1. The van der Waals surface area contributed by atoms with Gasteiger partial charge in [0.15, 0.2) is 0 Å². The number of hydrogen-bond acceptors (Lipinski definition) is 7. The van der Waals surface area contributed by atoms with Crippen LogP contribution in [0.4, 0.5) is 10.5 Å². The largest absolute Gasteiger partial charge is 0.487 e. The third-order valence-electron chi connectivity index (χ3n) is 6.05. The lowest BCUT2D eigenvalue weighted by Crippen LogP contribution is -2.40. The van der Waals surface area contributed by atoms with Crippen LogP contribution < -0.4 is 19.7 Å². The zero-order valence-electron chi connectivity index (χ0n) is 24.0. The lowest BCUT2D eigenvalue weighted by Gasteiger charge is -2.23. The Morgan fingerprint density at radius 1 is 0.976 bits per heavy atom. The number of benzene rings is 2. The first kappa shape index (κ1) is 30.9. The predicted molar refractivity (Wildman–Crippen MR) is 163 cm³/mol. The maximum atomic E-state index is 12.8. The van der Waals surface area contributed by atoms with Crippen LogP contribution in [0.3, 0.4) is 0 Å². The highest BCUT2D eigenvalue weighted by Crippen LogP contribution is 2.36. The van der Waals surface area contributed by atoms with E-state index in [0.717, 1.165) is 16.8 Å². The standard InChI is InChI=1S/C31H32Cl2N4O5/c1-19-15-26(40-17-20-9-6-7-14-34-20)21-10-8-11-25(29(21)36-19)41-18-22-23(32)12-13-24(28(22)33)37(5)27(38)16-35-30(39)42-31(2,3)4/h6-15H,16-18H2,1-5H3,(H,35,39). The molecule has 11 heteroatoms. The first-order valence-electron chi connectivity index (χ1n) is 13.2. The van der Waals surface area contributed by atoms with Crippen molar-refractivity contribution in [3.63, 3.8) is 0 Å². The number of alkyl carbamates (subject to hydrolysis) is 1. The number of aromatic nitrogens is 2. The first-order valence-corrected chi connectivity index (χ1v) is 13.9. The summed E-state index contributed by atoms with van der Waals surface area (Å²) in [5.41, 5.74) is 2.41. The lowest BCUT2D eigenvalue weighted by molar-refractivity contribution is -0.117. The fourth-order valence-electron chi connectivity index (χ4n) is 4.03. The van der Waals surface area contributed by atoms with Crippen molar-refractivity contribution in [2.24, 2.45) is 0 Å². The van der Waals surface area contributed by atoms with E-state index in [2.05, 4.69) is 15.3 Å². The molecule has 2 heterocycles. The van der Waals surface area contributed by atoms with E-state index >= 15 is 0 Å². The maximum Gasteiger partial charge on any atom is 0.408 e. The Labute approximate surface area is 254 Å². The van der Waals surface area contributed by atoms with E-state index < -0.39 is 17.6 Å². The molecular weight excluding hydrogens is 579 g/mol. The van der Waals surface area contributed by atoms with Crippen LogP contribution in [0.25, 0.3) is 10.9 Å². The predicted octanol–water partition coefficient (Wildman–Crippen LogP) is 6.89. The fourth-order valence-corrected chi connectivity index (χ4v) is 4.63. The van der Waals surface area contributed by atoms with Crippen LogP contribution in [0.5, 0.6) is 11.5 Å². The third-order valence-corrected chi connectivity index (χ3v) is 6.83. The van der Waals surface area contributed by atoms with Gasteiger partial charge in [-0.2, -0.15) is 0 Å². The molecule has 0 aliphatic rings. The van der Waals surface area contributed by atoms with E-state index in [-0.39, 0.29) is 18.2 Å². The molecule has 0 atom stereocenters. The van der Waals surface area contributed by atoms with Crippen molar-refractivity contribution in [2.45, 2.75) is 46.5 Å². The number of aryl methyl sites for hydroxylation is 1. The summed E-state index contributed by atoms with van der Waals surface area (Å²) in [5, 5.41) is 3.86. The molecular formula is C31H32Cl2N4O5. The summed E-state index contributed by atoms with van der Waals surface area (Å²) in [6.45, 7) is 7.15. The van der Waals surface area contributed by atoms with Crippen molar-refractivity contribution in [1.82, 2.24) is 15.3 Å². The average molecular weight is 612 g/mol. The molecule has 2 aromatic carbocycles. The summed E-state index contributed by atoms with van der Waals surface area (Å²) in [4.78, 5) is 35.1. The van der Waals surface area contributed by atoms with Crippen LogP contribution in [-0.2, 0) is 22.7 Å². The molecule has 1 N–H and O–H groups in total. The van der Waals surface area contributed by atoms with E-state index in [1.165, 1.54) is 4.90 Å². The van der Waals surface area contributed by atoms with Gasteiger partial charge in [0.05, 0.1) is 16.4 Å². The molecule has 0 saturated heterocycles. The van der Waals surface area contributed by atoms with Gasteiger partial charge in [-0.1, -0.05) is 35.3 Å². The molecule has 2 aromatic heterocycles. The topological polar surface area (TPSA) is 103 Å². The summed E-state index contributed by atoms with van der Waals surface area (Å²) in [7, 11) is 1.56. The Morgan fingerprint density at radius 2 is 1.74 bits per heavy atom. The van der Waals surface area contributed by atoms with Crippen LogP contribution in [0.1, 0.15) is 37.7 Å². The molecule has 0 bridgehead atoms. The summed E-state index contributed by atoms with van der Waals surface area (Å²) in [5.74, 6) is 0.776. The van der Waals surface area contributed by atoms with Gasteiger partial charge in [0, 0.05) is 41.0 Å². The molecule has 0 aliphatic heterocycles. The number of pyridine rings is 2. The molecule has 9 nitrogen and oxygen atoms in total. The number of carbonyl (C=O) groups excluding carboxylic acids is 2. The highest BCUT2D eigenvalue weighted by Gasteiger charge is 2.21. The van der Waals surface area contributed by atoms with Crippen molar-refractivity contribution < 1.29 is 23.8 Å². The minimum Gasteiger partial charge on any atom is -0.487 e. The number of amides is 2. The molecule has 42 heavy (non-hydrogen) atoms. The van der Waals surface area contributed by atoms with E-state index in [0.29, 0.717) is 39.9 Å². The van der Waals surface area contributed by atoms with Gasteiger partial charge in [-0.15, -0.1) is 0 Å². The minimum atomic E-state index is -0.690. The summed E-state index contributed by atoms with van der Waals surface area (Å²) < 4.78 is 17.5. The molecule has 4 aromatic rings. The van der Waals surface area contributed by atoms with Crippen molar-refractivity contribution in [3.05, 3.63) is 87.8 Å². The summed E-state index contributed by atoms with van der Waals surface area (Å²) in [6, 6.07) is 16.4. The lowest BCUT2D eigenvalue weighted by atomic mass is 10.1. The number of anilines is 1. The third kappa shape index (κ3) is 7.80. The Bertz CT molecular complexity index is 1590. The highest BCUT2D eigenvalue weighted by atomic mass is 35.5. The van der Waals surface area contributed by atoms with Crippen molar-refractivity contribution in [2.75, 3.05) is 18.5 Å². The fraction of sp³-hybridized carbons (Fsp3) is 0.290. The number of nitrogens with one attached hydrogen (secondary N) is 1. The molecule has 0 spiro atoms. The summed E-state index contributed by atoms with van der Waals surface area (Å²) in [6.07, 6.45) is 1.03. The zero-order chi connectivity index (χ0) is 30.4. The number of ether oxygens (including phenoxy) is 3. The number of halogens is 2. The highest BCUT2D eigenvalue weighted by molar-refractivity contribution is 6.38. The zero-order valence-corrected chi connectivity index (χ0v) is 25.5. The second-order valence-electron chi connectivity index (χ2n) is 10.5. The van der Waals surface area contributed by atoms with Crippen LogP contribution >= 0.6 is 23.2 Å². The number of rotatable bonds is 9. The summed E-state index contributed by atoms with van der Waals surface area (Å²) >= 11 is 13.2. The van der Waals surface area contributed by atoms with Crippen molar-refractivity contribution in [3.8, 4) is 11.5 Å². The molecule has 0 radical (unpaired) electrons. The van der Waals surface area contributed by atoms with Gasteiger partial charge in [0.2, 0.25) is 5.91 Å². The molecule has 4 rings (SSSR count). The van der Waals surface area contributed by atoms with Crippen molar-refractivity contribution >= 4 is 51.8 Å². The molecule has 2 amide bonds. The van der Waals surface area contributed by atoms with E-state index in [4.69, 9.17) is 37.4 Å². The quantitative estimate of drug-likeness (QED) is 0.220. The SMILES string of the molecule is Cc1cc(OCc2ccccn2)c2cccc(OCc3c(Cl)ccc(N(C)C(=O)CNC(=O)OC(C)(C)C)c3Cl)c2n1. The molecule has 0 saturated carbocycles. The monoisotopic (exact) mass is 610 g/mol. The second kappa shape index (κ2) is 13.3. The van der Waals surface area contributed by atoms with Crippen LogP contribution in [0.2, 0.25) is 10.0 Å². The Kier molecular flexibility index (Phi) is 9.75. The van der Waals surface area contributed by atoms with Gasteiger partial charge in [0.25, 0.3) is 0 Å². The second-order valence-corrected chi connectivity index (χ2v) is 11.3. The Balaban J connectivity index is 1.51. The van der Waals surface area contributed by atoms with Gasteiger partial charge >= 0.3 is 6.09 Å². The van der Waals surface area contributed by atoms with E-state index in [1.807, 2.05) is 43.3 Å². The molecule has 0 unspecified atom stereocenters. The number of hydrogen-bond donors (Lipinski definition) is 1. The van der Waals surface area contributed by atoms with Gasteiger partial charge in [-0.3, -0.25) is 9.78 Å². The van der Waals surface area contributed by atoms with Crippen LogP contribution in [-0.4, -0.2) is 41.2 Å². The van der Waals surface area contributed by atoms with E-state index in [9.17, 15) is 9.59 Å². The normalized spacial score (nSPS) is 11.2. The first-order chi connectivity index (χ1) is 19.9. The smallest absolute Gasteiger partial charge is 0.408 e. The van der Waals surface area contributed by atoms with Crippen molar-refractivity contribution in [1.29, 1.82) is 0 Å². The molecule has 220 valence electrons. The van der Waals surface area contributed by atoms with Gasteiger partial charge in [-0.25, -0.2) is 9.78 Å². The minimum absolute atomic E-state index is 0.0164.